The van der Waals surface area contributed by atoms with Crippen molar-refractivity contribution in [1.82, 2.24) is 4.90 Å². The lowest BCUT2D eigenvalue weighted by Gasteiger charge is -2.31. The van der Waals surface area contributed by atoms with E-state index in [0.29, 0.717) is 29.6 Å². The van der Waals surface area contributed by atoms with Crippen LogP contribution in [0.15, 0.2) is 66.7 Å². The first-order valence-electron chi connectivity index (χ1n) is 10.1. The minimum Gasteiger partial charge on any atom is -0.493 e. The van der Waals surface area contributed by atoms with Crippen LogP contribution in [-0.2, 0) is 17.8 Å². The second kappa shape index (κ2) is 7.71. The van der Waals surface area contributed by atoms with Gasteiger partial charge in [-0.15, -0.1) is 0 Å². The summed E-state index contributed by atoms with van der Waals surface area (Å²) in [6.45, 7) is 0.573. The van der Waals surface area contributed by atoms with Gasteiger partial charge in [-0.2, -0.15) is 0 Å². The highest BCUT2D eigenvalue weighted by atomic mass is 32.1. The number of carbonyl (C=O) groups excluding carboxylic acids is 1. The first-order chi connectivity index (χ1) is 15.1. The SMILES string of the molecule is COc1cc2c(cc1OC)CN1C(=S)N(c3ccc(-c4ccccc4)cc3)C(=O)[C@H]1C2. The average molecular weight is 431 g/mol. The Labute approximate surface area is 186 Å². The minimum absolute atomic E-state index is 0.0119. The van der Waals surface area contributed by atoms with Crippen molar-refractivity contribution in [2.24, 2.45) is 0 Å². The smallest absolute Gasteiger partial charge is 0.256 e. The number of hydrogen-bond acceptors (Lipinski definition) is 4. The summed E-state index contributed by atoms with van der Waals surface area (Å²) in [4.78, 5) is 17.0. The van der Waals surface area contributed by atoms with Crippen LogP contribution in [0.2, 0.25) is 0 Å². The average Bonchev–Trinajstić information content (AvgIpc) is 3.06. The Morgan fingerprint density at radius 1 is 0.871 bits per heavy atom. The lowest BCUT2D eigenvalue weighted by molar-refractivity contribution is -0.119. The molecule has 6 heteroatoms. The second-order valence-electron chi connectivity index (χ2n) is 7.69. The molecule has 5 nitrogen and oxygen atoms in total. The number of fused-ring (bicyclic) bond motifs is 2. The van der Waals surface area contributed by atoms with Crippen molar-refractivity contribution >= 4 is 28.9 Å². The molecule has 0 N–H and O–H groups in total. The van der Waals surface area contributed by atoms with Crippen molar-refractivity contribution in [3.63, 3.8) is 0 Å². The molecule has 1 saturated heterocycles. The highest BCUT2D eigenvalue weighted by Crippen LogP contribution is 2.38. The molecule has 2 aliphatic rings. The van der Waals surface area contributed by atoms with E-state index < -0.39 is 0 Å². The molecule has 5 rings (SSSR count). The maximum absolute atomic E-state index is 13.3. The predicted molar refractivity (Wildman–Crippen MR) is 125 cm³/mol. The van der Waals surface area contributed by atoms with E-state index >= 15 is 0 Å². The van der Waals surface area contributed by atoms with Crippen molar-refractivity contribution < 1.29 is 14.3 Å². The van der Waals surface area contributed by atoms with Crippen LogP contribution in [0.25, 0.3) is 11.1 Å². The molecule has 31 heavy (non-hydrogen) atoms. The summed E-state index contributed by atoms with van der Waals surface area (Å²) in [7, 11) is 3.25. The highest BCUT2D eigenvalue weighted by Gasteiger charge is 2.45. The van der Waals surface area contributed by atoms with E-state index in [4.69, 9.17) is 21.7 Å². The summed E-state index contributed by atoms with van der Waals surface area (Å²) in [6.07, 6.45) is 0.591. The molecule has 1 fully saturated rings. The van der Waals surface area contributed by atoms with Gasteiger partial charge in [0.05, 0.1) is 19.9 Å². The van der Waals surface area contributed by atoms with Crippen molar-refractivity contribution in [1.29, 1.82) is 0 Å². The number of nitrogens with zero attached hydrogens (tertiary/aromatic N) is 2. The highest BCUT2D eigenvalue weighted by molar-refractivity contribution is 7.80. The number of amides is 1. The predicted octanol–water partition coefficient (Wildman–Crippen LogP) is 4.43. The molecular weight excluding hydrogens is 408 g/mol. The van der Waals surface area contributed by atoms with Gasteiger partial charge in [-0.05, 0) is 58.7 Å². The fraction of sp³-hybridized carbons (Fsp3) is 0.200. The fourth-order valence-electron chi connectivity index (χ4n) is 4.38. The molecule has 0 aromatic heterocycles. The van der Waals surface area contributed by atoms with Crippen LogP contribution >= 0.6 is 12.2 Å². The first-order valence-corrected chi connectivity index (χ1v) is 10.6. The summed E-state index contributed by atoms with van der Waals surface area (Å²) < 4.78 is 10.9. The summed E-state index contributed by atoms with van der Waals surface area (Å²) in [5.74, 6) is 1.37. The number of anilines is 1. The number of benzene rings is 3. The summed E-state index contributed by atoms with van der Waals surface area (Å²) in [5.41, 5.74) is 5.23. The zero-order valence-electron chi connectivity index (χ0n) is 17.4. The van der Waals surface area contributed by atoms with Crippen LogP contribution in [0.4, 0.5) is 5.69 Å². The molecule has 3 aromatic rings. The van der Waals surface area contributed by atoms with E-state index in [0.717, 1.165) is 27.9 Å². The number of methoxy groups -OCH3 is 2. The van der Waals surface area contributed by atoms with Crippen LogP contribution in [0.1, 0.15) is 11.1 Å². The van der Waals surface area contributed by atoms with Gasteiger partial charge in [-0.3, -0.25) is 9.69 Å². The van der Waals surface area contributed by atoms with Crippen molar-refractivity contribution in [3.8, 4) is 22.6 Å². The third kappa shape index (κ3) is 3.24. The standard InChI is InChI=1S/C25H22N2O3S/c1-29-22-13-18-12-21-24(28)27(25(31)26(21)15-19(18)14-23(22)30-2)20-10-8-17(9-11-20)16-6-4-3-5-7-16/h3-11,13-14,21H,12,15H2,1-2H3/t21-/m1/s1. The van der Waals surface area contributed by atoms with Crippen LogP contribution in [0, 0.1) is 0 Å². The first kappa shape index (κ1) is 19.6. The summed E-state index contributed by atoms with van der Waals surface area (Å²) in [5, 5.41) is 0.544. The molecule has 0 unspecified atom stereocenters. The number of hydrogen-bond donors (Lipinski definition) is 0. The molecule has 0 aliphatic carbocycles. The van der Waals surface area contributed by atoms with Crippen LogP contribution in [0.5, 0.6) is 11.5 Å². The topological polar surface area (TPSA) is 42.0 Å². The molecule has 3 aromatic carbocycles. The zero-order chi connectivity index (χ0) is 21.5. The molecule has 1 atom stereocenters. The van der Waals surface area contributed by atoms with E-state index in [2.05, 4.69) is 12.1 Å². The van der Waals surface area contributed by atoms with Crippen LogP contribution in [-0.4, -0.2) is 36.2 Å². The lowest BCUT2D eigenvalue weighted by atomic mass is 9.94. The number of thiocarbonyl (C=S) groups is 1. The van der Waals surface area contributed by atoms with Crippen LogP contribution < -0.4 is 14.4 Å². The quantitative estimate of drug-likeness (QED) is 0.573. The van der Waals surface area contributed by atoms with Crippen molar-refractivity contribution in [2.45, 2.75) is 19.0 Å². The molecule has 0 spiro atoms. The minimum atomic E-state index is -0.299. The molecule has 2 heterocycles. The number of ether oxygens (including phenoxy) is 2. The van der Waals surface area contributed by atoms with Gasteiger partial charge in [0, 0.05) is 13.0 Å². The van der Waals surface area contributed by atoms with E-state index in [1.165, 1.54) is 0 Å². The molecule has 1 amide bonds. The maximum atomic E-state index is 13.3. The second-order valence-corrected chi connectivity index (χ2v) is 8.06. The largest absolute Gasteiger partial charge is 0.493 e. The van der Waals surface area contributed by atoms with Gasteiger partial charge in [0.25, 0.3) is 5.91 Å². The normalized spacial score (nSPS) is 17.4. The van der Waals surface area contributed by atoms with Gasteiger partial charge in [0.2, 0.25) is 0 Å². The molecule has 156 valence electrons. The van der Waals surface area contributed by atoms with Crippen molar-refractivity contribution in [3.05, 3.63) is 77.9 Å². The van der Waals surface area contributed by atoms with Crippen LogP contribution in [0.3, 0.4) is 0 Å². The summed E-state index contributed by atoms with van der Waals surface area (Å²) >= 11 is 5.74. The Balaban J connectivity index is 1.44. The molecular formula is C25H22N2O3S. The van der Waals surface area contributed by atoms with E-state index in [1.54, 1.807) is 19.1 Å². The van der Waals surface area contributed by atoms with E-state index in [-0.39, 0.29) is 11.9 Å². The van der Waals surface area contributed by atoms with Crippen molar-refractivity contribution in [2.75, 3.05) is 19.1 Å². The van der Waals surface area contributed by atoms with Gasteiger partial charge < -0.3 is 14.4 Å². The number of rotatable bonds is 4. The van der Waals surface area contributed by atoms with Gasteiger partial charge in [0.1, 0.15) is 6.04 Å². The van der Waals surface area contributed by atoms with Gasteiger partial charge in [0.15, 0.2) is 16.6 Å². The van der Waals surface area contributed by atoms with E-state index in [1.807, 2.05) is 59.5 Å². The van der Waals surface area contributed by atoms with Gasteiger partial charge in [-0.25, -0.2) is 0 Å². The Bertz CT molecular complexity index is 1110. The Morgan fingerprint density at radius 2 is 1.48 bits per heavy atom. The Morgan fingerprint density at radius 3 is 2.13 bits per heavy atom. The molecule has 2 aliphatic heterocycles. The van der Waals surface area contributed by atoms with E-state index in [9.17, 15) is 4.79 Å². The molecule has 0 saturated carbocycles. The lowest BCUT2D eigenvalue weighted by Crippen LogP contribution is -2.40. The Kier molecular flexibility index (Phi) is 4.87. The third-order valence-corrected chi connectivity index (χ3v) is 6.43. The third-order valence-electron chi connectivity index (χ3n) is 6.01. The maximum Gasteiger partial charge on any atom is 0.256 e. The Hall–Kier alpha value is -3.38. The number of carbonyl (C=O) groups is 1. The molecule has 0 radical (unpaired) electrons. The van der Waals surface area contributed by atoms with Gasteiger partial charge >= 0.3 is 0 Å². The molecule has 0 bridgehead atoms. The monoisotopic (exact) mass is 430 g/mol. The summed E-state index contributed by atoms with van der Waals surface area (Å²) in [6, 6.07) is 21.8. The zero-order valence-corrected chi connectivity index (χ0v) is 18.2. The fourth-order valence-corrected chi connectivity index (χ4v) is 4.76. The van der Waals surface area contributed by atoms with Gasteiger partial charge in [-0.1, -0.05) is 42.5 Å².